The number of rotatable bonds is 7. The number of aliphatic hydroxyl groups is 1. The van der Waals surface area contributed by atoms with Crippen LogP contribution in [0.1, 0.15) is 76.2 Å². The maximum absolute atomic E-state index is 13.3. The molecule has 1 aromatic heterocycles. The van der Waals surface area contributed by atoms with Gasteiger partial charge < -0.3 is 25.0 Å². The van der Waals surface area contributed by atoms with Crippen LogP contribution < -0.4 is 15.0 Å². The summed E-state index contributed by atoms with van der Waals surface area (Å²) in [7, 11) is 0. The van der Waals surface area contributed by atoms with Crippen LogP contribution in [0, 0.1) is 28.1 Å². The molecule has 9 nitrogen and oxygen atoms in total. The Balaban J connectivity index is 1.15. The Morgan fingerprint density at radius 3 is 2.29 bits per heavy atom. The predicted octanol–water partition coefficient (Wildman–Crippen LogP) is 4.68. The molecule has 1 saturated carbocycles. The highest BCUT2D eigenvalue weighted by atomic mass is 35.5. The van der Waals surface area contributed by atoms with Gasteiger partial charge in [0.2, 0.25) is 5.95 Å². The van der Waals surface area contributed by atoms with Crippen molar-refractivity contribution in [2.75, 3.05) is 31.1 Å². The van der Waals surface area contributed by atoms with E-state index < -0.39 is 0 Å². The van der Waals surface area contributed by atoms with Crippen LogP contribution in [0.5, 0.6) is 5.75 Å². The van der Waals surface area contributed by atoms with Crippen LogP contribution in [0.3, 0.4) is 0 Å². The summed E-state index contributed by atoms with van der Waals surface area (Å²) in [5, 5.41) is 22.5. The van der Waals surface area contributed by atoms with Gasteiger partial charge in [-0.2, -0.15) is 5.26 Å². The number of ether oxygens (including phenoxy) is 1. The highest BCUT2D eigenvalue weighted by Gasteiger charge is 2.64. The van der Waals surface area contributed by atoms with E-state index in [9.17, 15) is 9.90 Å². The second-order valence-electron chi connectivity index (χ2n) is 13.4. The monoisotopic (exact) mass is 594 g/mol. The van der Waals surface area contributed by atoms with Crippen LogP contribution in [0.25, 0.3) is 0 Å². The number of anilines is 1. The van der Waals surface area contributed by atoms with Crippen LogP contribution in [0.2, 0.25) is 5.02 Å². The summed E-state index contributed by atoms with van der Waals surface area (Å²) in [6.07, 6.45) is 6.82. The van der Waals surface area contributed by atoms with Gasteiger partial charge >= 0.3 is 0 Å². The van der Waals surface area contributed by atoms with Gasteiger partial charge in [-0.3, -0.25) is 4.79 Å². The molecular weight excluding hydrogens is 552 g/mol. The van der Waals surface area contributed by atoms with E-state index in [0.717, 1.165) is 51.9 Å². The van der Waals surface area contributed by atoms with Crippen molar-refractivity contribution < 1.29 is 14.6 Å². The minimum atomic E-state index is -0.351. The lowest BCUT2D eigenvalue weighted by atomic mass is 9.49. The Bertz CT molecular complexity index is 1290. The molecule has 2 aromatic rings. The predicted molar refractivity (Wildman–Crippen MR) is 163 cm³/mol. The number of amides is 1. The third-order valence-electron chi connectivity index (χ3n) is 9.91. The summed E-state index contributed by atoms with van der Waals surface area (Å²) < 4.78 is 6.33. The Morgan fingerprint density at radius 1 is 1.10 bits per heavy atom. The maximum atomic E-state index is 13.3. The van der Waals surface area contributed by atoms with Crippen molar-refractivity contribution in [1.82, 2.24) is 20.2 Å². The first kappa shape index (κ1) is 30.5. The molecule has 10 heteroatoms. The number of halogens is 1. The lowest BCUT2D eigenvalue weighted by Gasteiger charge is -2.63. The van der Waals surface area contributed by atoms with Crippen LogP contribution in [-0.4, -0.2) is 76.4 Å². The molecule has 0 spiro atoms. The van der Waals surface area contributed by atoms with Gasteiger partial charge in [-0.25, -0.2) is 9.97 Å². The average Bonchev–Trinajstić information content (AvgIpc) is 2.98. The van der Waals surface area contributed by atoms with E-state index in [4.69, 9.17) is 21.6 Å². The fraction of sp³-hybridized carbons (Fsp3) is 0.625. The number of piperidine rings is 2. The normalized spacial score (nSPS) is 25.2. The molecule has 0 bridgehead atoms. The highest BCUT2D eigenvalue weighted by Crippen LogP contribution is 2.55. The fourth-order valence-corrected chi connectivity index (χ4v) is 7.80. The summed E-state index contributed by atoms with van der Waals surface area (Å²) >= 11 is 6.21. The number of hydrogen-bond acceptors (Lipinski definition) is 8. The highest BCUT2D eigenvalue weighted by molar-refractivity contribution is 6.31. The van der Waals surface area contributed by atoms with Gasteiger partial charge in [0.05, 0.1) is 22.3 Å². The number of nitriles is 1. The average molecular weight is 595 g/mol. The van der Waals surface area contributed by atoms with Crippen molar-refractivity contribution in [3.63, 3.8) is 0 Å². The standard InChI is InChI=1S/C32H43ClN6O3/c1-20(38-14-10-24(40)11-15-38)21-8-12-39(13-9-21)30-35-18-23(19-36-30)27(41)37-28-31(2,3)29(32(28,4)5)42-25-7-6-22(17-34)26(33)16-25/h6-7,16,18-21,24,28-29,40H,8-15H2,1-5H3,(H,37,41). The Morgan fingerprint density at radius 2 is 1.71 bits per heavy atom. The van der Waals surface area contributed by atoms with E-state index in [-0.39, 0.29) is 35.0 Å². The third-order valence-corrected chi connectivity index (χ3v) is 10.2. The number of benzene rings is 1. The van der Waals surface area contributed by atoms with Crippen molar-refractivity contribution in [3.8, 4) is 11.8 Å². The lowest BCUT2D eigenvalue weighted by molar-refractivity contribution is -0.164. The van der Waals surface area contributed by atoms with E-state index in [1.54, 1.807) is 30.6 Å². The molecule has 5 rings (SSSR count). The SMILES string of the molecule is CC(C1CCN(c2ncc(C(=O)NC3C(C)(C)C(Oc4ccc(C#N)c(Cl)c4)C3(C)C)cn2)CC1)N1CCC(O)CC1. The molecule has 42 heavy (non-hydrogen) atoms. The second-order valence-corrected chi connectivity index (χ2v) is 13.8. The van der Waals surface area contributed by atoms with E-state index in [0.29, 0.717) is 39.8 Å². The number of aliphatic hydroxyl groups excluding tert-OH is 1. The molecule has 1 atom stereocenters. The zero-order valence-electron chi connectivity index (χ0n) is 25.3. The molecule has 1 aromatic carbocycles. The van der Waals surface area contributed by atoms with Crippen LogP contribution in [0.15, 0.2) is 30.6 Å². The first-order valence-electron chi connectivity index (χ1n) is 15.1. The van der Waals surface area contributed by atoms with Gasteiger partial charge in [0.15, 0.2) is 0 Å². The van der Waals surface area contributed by atoms with Gasteiger partial charge in [-0.1, -0.05) is 39.3 Å². The van der Waals surface area contributed by atoms with Gasteiger partial charge in [0, 0.05) is 67.6 Å². The number of nitrogens with zero attached hydrogens (tertiary/aromatic N) is 5. The summed E-state index contributed by atoms with van der Waals surface area (Å²) in [5.41, 5.74) is 0.138. The summed E-state index contributed by atoms with van der Waals surface area (Å²) in [6.45, 7) is 14.4. The van der Waals surface area contributed by atoms with Crippen molar-refractivity contribution in [2.24, 2.45) is 16.7 Å². The zero-order valence-corrected chi connectivity index (χ0v) is 26.1. The molecule has 3 heterocycles. The smallest absolute Gasteiger partial charge is 0.254 e. The largest absolute Gasteiger partial charge is 0.489 e. The number of carbonyl (C=O) groups is 1. The number of likely N-dealkylation sites (tertiary alicyclic amines) is 1. The zero-order chi connectivity index (χ0) is 30.2. The number of carbonyl (C=O) groups excluding carboxylic acids is 1. The summed E-state index contributed by atoms with van der Waals surface area (Å²) in [4.78, 5) is 27.1. The van der Waals surface area contributed by atoms with Crippen molar-refractivity contribution in [3.05, 3.63) is 46.7 Å². The first-order valence-corrected chi connectivity index (χ1v) is 15.5. The second kappa shape index (κ2) is 12.0. The van der Waals surface area contributed by atoms with Gasteiger partial charge in [-0.05, 0) is 50.7 Å². The number of hydrogen-bond donors (Lipinski definition) is 2. The molecule has 2 N–H and O–H groups in total. The minimum Gasteiger partial charge on any atom is -0.489 e. The Hall–Kier alpha value is -2.93. The molecule has 1 amide bonds. The molecule has 1 unspecified atom stereocenters. The molecule has 0 radical (unpaired) electrons. The van der Waals surface area contributed by atoms with Crippen LogP contribution >= 0.6 is 11.6 Å². The van der Waals surface area contributed by atoms with E-state index in [1.807, 2.05) is 0 Å². The van der Waals surface area contributed by atoms with E-state index in [2.05, 4.69) is 65.8 Å². The van der Waals surface area contributed by atoms with E-state index >= 15 is 0 Å². The van der Waals surface area contributed by atoms with E-state index in [1.165, 1.54) is 0 Å². The molecule has 3 fully saturated rings. The summed E-state index contributed by atoms with van der Waals surface area (Å²) in [5.74, 6) is 1.69. The Kier molecular flexibility index (Phi) is 8.71. The molecule has 1 aliphatic carbocycles. The van der Waals surface area contributed by atoms with Crippen molar-refractivity contribution >= 4 is 23.5 Å². The van der Waals surface area contributed by atoms with Crippen molar-refractivity contribution in [2.45, 2.75) is 84.6 Å². The number of nitrogens with one attached hydrogen (secondary N) is 1. The van der Waals surface area contributed by atoms with Crippen LogP contribution in [-0.2, 0) is 0 Å². The molecular formula is C32H43ClN6O3. The van der Waals surface area contributed by atoms with Crippen LogP contribution in [0.4, 0.5) is 5.95 Å². The van der Waals surface area contributed by atoms with Gasteiger partial charge in [-0.15, -0.1) is 0 Å². The molecule has 2 aliphatic heterocycles. The van der Waals surface area contributed by atoms with Gasteiger partial charge in [0.1, 0.15) is 17.9 Å². The lowest BCUT2D eigenvalue weighted by Crippen LogP contribution is -2.74. The quantitative estimate of drug-likeness (QED) is 0.475. The minimum absolute atomic E-state index is 0.139. The van der Waals surface area contributed by atoms with Crippen molar-refractivity contribution in [1.29, 1.82) is 5.26 Å². The molecule has 3 aliphatic rings. The molecule has 2 saturated heterocycles. The Labute approximate surface area is 254 Å². The summed E-state index contributed by atoms with van der Waals surface area (Å²) in [6, 6.07) is 7.52. The number of aromatic nitrogens is 2. The molecule has 226 valence electrons. The topological polar surface area (TPSA) is 115 Å². The van der Waals surface area contributed by atoms with Gasteiger partial charge in [0.25, 0.3) is 5.91 Å². The third kappa shape index (κ3) is 5.95. The maximum Gasteiger partial charge on any atom is 0.254 e. The first-order chi connectivity index (χ1) is 19.9. The fourth-order valence-electron chi connectivity index (χ4n) is 7.59.